The van der Waals surface area contributed by atoms with Gasteiger partial charge < -0.3 is 4.74 Å². The molecule has 1 heteroatoms. The molecule has 1 aliphatic rings. The highest BCUT2D eigenvalue weighted by atomic mass is 16.5. The minimum absolute atomic E-state index is 0.124. The van der Waals surface area contributed by atoms with E-state index < -0.39 is 0 Å². The van der Waals surface area contributed by atoms with Crippen LogP contribution in [0.15, 0.2) is 36.4 Å². The molecule has 0 amide bonds. The minimum Gasteiger partial charge on any atom is -0.365 e. The van der Waals surface area contributed by atoms with Crippen molar-refractivity contribution in [3.05, 3.63) is 54.5 Å². The highest BCUT2D eigenvalue weighted by Gasteiger charge is 2.19. The van der Waals surface area contributed by atoms with Crippen molar-refractivity contribution in [3.63, 3.8) is 0 Å². The monoisotopic (exact) mass is 159 g/mol. The van der Waals surface area contributed by atoms with E-state index in [0.29, 0.717) is 0 Å². The highest BCUT2D eigenvalue weighted by molar-refractivity contribution is 5.33. The van der Waals surface area contributed by atoms with Crippen molar-refractivity contribution >= 4 is 0 Å². The molecule has 1 heterocycles. The van der Waals surface area contributed by atoms with Gasteiger partial charge in [-0.1, -0.05) is 36.4 Å². The van der Waals surface area contributed by atoms with E-state index in [-0.39, 0.29) is 6.10 Å². The van der Waals surface area contributed by atoms with Gasteiger partial charge in [0.05, 0.1) is 6.61 Å². The minimum atomic E-state index is 0.124. The molecule has 12 heavy (non-hydrogen) atoms. The Morgan fingerprint density at radius 3 is 3.08 bits per heavy atom. The van der Waals surface area contributed by atoms with E-state index in [9.17, 15) is 0 Å². The first-order chi connectivity index (χ1) is 5.92. The molecule has 2 rings (SSSR count). The predicted molar refractivity (Wildman–Crippen MR) is 48.5 cm³/mol. The first-order valence-corrected chi connectivity index (χ1v) is 4.07. The third-order valence-corrected chi connectivity index (χ3v) is 2.09. The maximum atomic E-state index is 5.54. The second kappa shape index (κ2) is 3.11. The van der Waals surface area contributed by atoms with Crippen molar-refractivity contribution in [2.45, 2.75) is 12.7 Å². The Balaban J connectivity index is 2.36. The van der Waals surface area contributed by atoms with Gasteiger partial charge in [0.1, 0.15) is 6.10 Å². The molecular formula is C11H11O. The zero-order valence-corrected chi connectivity index (χ0v) is 6.86. The quantitative estimate of drug-likeness (QED) is 0.612. The molecular weight excluding hydrogens is 148 g/mol. The predicted octanol–water partition coefficient (Wildman–Crippen LogP) is 2.65. The summed E-state index contributed by atoms with van der Waals surface area (Å²) < 4.78 is 5.54. The summed E-state index contributed by atoms with van der Waals surface area (Å²) >= 11 is 0. The summed E-state index contributed by atoms with van der Waals surface area (Å²) in [6, 6.07) is 8.29. The normalized spacial score (nSPS) is 21.6. The fourth-order valence-electron chi connectivity index (χ4n) is 1.50. The molecule has 1 atom stereocenters. The number of fused-ring (bicyclic) bond motifs is 1. The van der Waals surface area contributed by atoms with Gasteiger partial charge >= 0.3 is 0 Å². The molecule has 1 nitrogen and oxygen atoms in total. The summed E-state index contributed by atoms with van der Waals surface area (Å²) in [5.41, 5.74) is 2.57. The van der Waals surface area contributed by atoms with Crippen LogP contribution in [0, 0.1) is 6.92 Å². The van der Waals surface area contributed by atoms with Crippen molar-refractivity contribution in [2.75, 3.05) is 0 Å². The first-order valence-electron chi connectivity index (χ1n) is 4.07. The van der Waals surface area contributed by atoms with E-state index in [4.69, 9.17) is 4.74 Å². The molecule has 1 unspecified atom stereocenters. The van der Waals surface area contributed by atoms with Crippen molar-refractivity contribution < 1.29 is 4.74 Å². The molecule has 1 radical (unpaired) electrons. The van der Waals surface area contributed by atoms with Crippen LogP contribution in [0.1, 0.15) is 17.2 Å². The fraction of sp³-hybridized carbons (Fsp3) is 0.182. The van der Waals surface area contributed by atoms with Gasteiger partial charge in [0.25, 0.3) is 0 Å². The number of hydrogen-bond donors (Lipinski definition) is 0. The van der Waals surface area contributed by atoms with E-state index in [1.807, 2.05) is 18.2 Å². The maximum absolute atomic E-state index is 5.54. The zero-order chi connectivity index (χ0) is 8.39. The Morgan fingerprint density at radius 1 is 1.42 bits per heavy atom. The lowest BCUT2D eigenvalue weighted by molar-refractivity contribution is 0.0991. The molecule has 0 spiro atoms. The van der Waals surface area contributed by atoms with Gasteiger partial charge in [-0.3, -0.25) is 0 Å². The summed E-state index contributed by atoms with van der Waals surface area (Å²) in [5.74, 6) is 0. The van der Waals surface area contributed by atoms with Crippen molar-refractivity contribution in [1.82, 2.24) is 0 Å². The number of rotatable bonds is 1. The van der Waals surface area contributed by atoms with Crippen molar-refractivity contribution in [2.24, 2.45) is 0 Å². The van der Waals surface area contributed by atoms with E-state index in [0.717, 1.165) is 6.61 Å². The van der Waals surface area contributed by atoms with Crippen LogP contribution < -0.4 is 0 Å². The van der Waals surface area contributed by atoms with Gasteiger partial charge in [-0.05, 0) is 18.1 Å². The van der Waals surface area contributed by atoms with Gasteiger partial charge in [0, 0.05) is 0 Å². The van der Waals surface area contributed by atoms with Crippen LogP contribution in [0.4, 0.5) is 0 Å². The Bertz CT molecular complexity index is 302. The van der Waals surface area contributed by atoms with Crippen LogP contribution in [0.5, 0.6) is 0 Å². The summed E-state index contributed by atoms with van der Waals surface area (Å²) in [6.45, 7) is 4.39. The Labute approximate surface area is 72.7 Å². The van der Waals surface area contributed by atoms with E-state index in [2.05, 4.69) is 19.1 Å². The molecule has 0 N–H and O–H groups in total. The van der Waals surface area contributed by atoms with E-state index in [1.165, 1.54) is 11.1 Å². The molecule has 1 aliphatic heterocycles. The number of benzene rings is 1. The van der Waals surface area contributed by atoms with Crippen molar-refractivity contribution in [3.8, 4) is 0 Å². The van der Waals surface area contributed by atoms with Gasteiger partial charge in [0.2, 0.25) is 0 Å². The topological polar surface area (TPSA) is 9.23 Å². The van der Waals surface area contributed by atoms with Gasteiger partial charge in [-0.25, -0.2) is 0 Å². The largest absolute Gasteiger partial charge is 0.365 e. The van der Waals surface area contributed by atoms with Crippen LogP contribution in [-0.4, -0.2) is 0 Å². The molecule has 61 valence electrons. The summed E-state index contributed by atoms with van der Waals surface area (Å²) in [4.78, 5) is 0. The second-order valence-corrected chi connectivity index (χ2v) is 2.86. The number of allylic oxidation sites excluding steroid dienone is 1. The lowest BCUT2D eigenvalue weighted by atomic mass is 10.1. The first kappa shape index (κ1) is 7.56. The lowest BCUT2D eigenvalue weighted by Gasteiger charge is -2.03. The van der Waals surface area contributed by atoms with E-state index in [1.54, 1.807) is 6.08 Å². The number of ether oxygens (including phenoxy) is 1. The van der Waals surface area contributed by atoms with Crippen LogP contribution >= 0.6 is 0 Å². The SMILES string of the molecule is [CH2]C=CC1OCc2ccccc21. The molecule has 0 bridgehead atoms. The molecule has 0 aromatic heterocycles. The smallest absolute Gasteiger partial charge is 0.101 e. The van der Waals surface area contributed by atoms with Crippen LogP contribution in [0.3, 0.4) is 0 Å². The average Bonchev–Trinajstić information content (AvgIpc) is 2.50. The molecule has 0 saturated heterocycles. The molecule has 1 aromatic carbocycles. The third-order valence-electron chi connectivity index (χ3n) is 2.09. The Hall–Kier alpha value is -1.08. The number of hydrogen-bond acceptors (Lipinski definition) is 1. The highest BCUT2D eigenvalue weighted by Crippen LogP contribution is 2.30. The third kappa shape index (κ3) is 1.16. The van der Waals surface area contributed by atoms with Gasteiger partial charge in [-0.15, -0.1) is 0 Å². The maximum Gasteiger partial charge on any atom is 0.101 e. The Morgan fingerprint density at radius 2 is 2.25 bits per heavy atom. The lowest BCUT2D eigenvalue weighted by Crippen LogP contribution is -1.89. The molecule has 0 aliphatic carbocycles. The Kier molecular flexibility index (Phi) is 1.96. The molecule has 0 saturated carbocycles. The summed E-state index contributed by atoms with van der Waals surface area (Å²) in [6.07, 6.45) is 3.89. The van der Waals surface area contributed by atoms with Crippen molar-refractivity contribution in [1.29, 1.82) is 0 Å². The standard InChI is InChI=1S/C11H11O/c1-2-5-11-10-7-4-3-6-9(10)8-12-11/h2-7,11H,1,8H2. The van der Waals surface area contributed by atoms with E-state index >= 15 is 0 Å². The second-order valence-electron chi connectivity index (χ2n) is 2.86. The van der Waals surface area contributed by atoms with Crippen LogP contribution in [0.2, 0.25) is 0 Å². The molecule has 1 aromatic rings. The van der Waals surface area contributed by atoms with Crippen LogP contribution in [0.25, 0.3) is 0 Å². The van der Waals surface area contributed by atoms with Crippen LogP contribution in [-0.2, 0) is 11.3 Å². The van der Waals surface area contributed by atoms with Gasteiger partial charge in [0.15, 0.2) is 0 Å². The molecule has 0 fully saturated rings. The summed E-state index contributed by atoms with van der Waals surface area (Å²) in [5, 5.41) is 0. The average molecular weight is 159 g/mol. The summed E-state index contributed by atoms with van der Waals surface area (Å²) in [7, 11) is 0. The fourth-order valence-corrected chi connectivity index (χ4v) is 1.50. The van der Waals surface area contributed by atoms with Gasteiger partial charge in [-0.2, -0.15) is 0 Å². The zero-order valence-electron chi connectivity index (χ0n) is 6.86.